The minimum absolute atomic E-state index is 0.0836. The zero-order chi connectivity index (χ0) is 27.5. The number of hydrogen-bond donors (Lipinski definition) is 1. The van der Waals surface area contributed by atoms with Gasteiger partial charge < -0.3 is 10.2 Å². The van der Waals surface area contributed by atoms with Crippen LogP contribution in [0.25, 0.3) is 22.2 Å². The fraction of sp³-hybridized carbons (Fsp3) is 0.324. The molecule has 2 fully saturated rings. The number of pyridine rings is 1. The lowest BCUT2D eigenvalue weighted by Crippen LogP contribution is -2.45. The van der Waals surface area contributed by atoms with Gasteiger partial charge in [-0.1, -0.05) is 78.9 Å². The van der Waals surface area contributed by atoms with Gasteiger partial charge in [0.2, 0.25) is 5.91 Å². The van der Waals surface area contributed by atoms with E-state index < -0.39 is 0 Å². The van der Waals surface area contributed by atoms with Crippen molar-refractivity contribution in [2.24, 2.45) is 0 Å². The van der Waals surface area contributed by atoms with Crippen molar-refractivity contribution < 1.29 is 9.59 Å². The van der Waals surface area contributed by atoms with E-state index in [4.69, 9.17) is 4.98 Å². The van der Waals surface area contributed by atoms with E-state index in [1.165, 1.54) is 0 Å². The zero-order valence-corrected chi connectivity index (χ0v) is 23.1. The molecule has 0 spiro atoms. The highest BCUT2D eigenvalue weighted by molar-refractivity contribution is 6.09. The molecule has 2 aliphatic rings. The summed E-state index contributed by atoms with van der Waals surface area (Å²) in [6.45, 7) is 5.32. The average Bonchev–Trinajstić information content (AvgIpc) is 3.43. The minimum Gasteiger partial charge on any atom is -0.345 e. The minimum atomic E-state index is -0.137. The SMILES string of the molecule is C[C@H](NC(=O)c1c(CN2CCC(N3CCCC3=O)CC2)c(-c2ccccc2)nc2ccccc12)c1ccccc1. The molecule has 1 aromatic heterocycles. The highest BCUT2D eigenvalue weighted by Gasteiger charge is 2.32. The summed E-state index contributed by atoms with van der Waals surface area (Å²) in [5, 5.41) is 4.15. The Morgan fingerprint density at radius 1 is 0.925 bits per heavy atom. The number of nitrogens with zero attached hydrogens (tertiary/aromatic N) is 3. The molecule has 6 nitrogen and oxygen atoms in total. The van der Waals surface area contributed by atoms with E-state index in [0.717, 1.165) is 72.2 Å². The van der Waals surface area contributed by atoms with E-state index in [9.17, 15) is 9.59 Å². The quantitative estimate of drug-likeness (QED) is 0.318. The van der Waals surface area contributed by atoms with E-state index >= 15 is 0 Å². The van der Waals surface area contributed by atoms with Crippen LogP contribution in [0.1, 0.15) is 60.1 Å². The van der Waals surface area contributed by atoms with E-state index in [1.54, 1.807) is 0 Å². The molecule has 0 aliphatic carbocycles. The summed E-state index contributed by atoms with van der Waals surface area (Å²) < 4.78 is 0. The lowest BCUT2D eigenvalue weighted by molar-refractivity contribution is -0.130. The van der Waals surface area contributed by atoms with Gasteiger partial charge in [0, 0.05) is 55.2 Å². The first-order valence-corrected chi connectivity index (χ1v) is 14.4. The largest absolute Gasteiger partial charge is 0.345 e. The fourth-order valence-electron chi connectivity index (χ4n) is 6.26. The number of rotatable bonds is 7. The summed E-state index contributed by atoms with van der Waals surface area (Å²) in [5.74, 6) is 0.217. The van der Waals surface area contributed by atoms with Gasteiger partial charge in [0.15, 0.2) is 0 Å². The van der Waals surface area contributed by atoms with Gasteiger partial charge in [0.05, 0.1) is 22.8 Å². The molecule has 6 heteroatoms. The summed E-state index contributed by atoms with van der Waals surface area (Å²) >= 11 is 0. The Hall–Kier alpha value is -4.03. The number of aromatic nitrogens is 1. The Morgan fingerprint density at radius 3 is 2.30 bits per heavy atom. The van der Waals surface area contributed by atoms with Crippen molar-refractivity contribution >= 4 is 22.7 Å². The summed E-state index contributed by atoms with van der Waals surface area (Å²) in [6.07, 6.45) is 3.57. The molecule has 2 saturated heterocycles. The molecule has 0 bridgehead atoms. The van der Waals surface area contributed by atoms with Crippen LogP contribution >= 0.6 is 0 Å². The van der Waals surface area contributed by atoms with Crippen LogP contribution in [0.4, 0.5) is 0 Å². The van der Waals surface area contributed by atoms with Gasteiger partial charge in [-0.3, -0.25) is 14.5 Å². The van der Waals surface area contributed by atoms with Gasteiger partial charge in [-0.15, -0.1) is 0 Å². The number of benzene rings is 3. The summed E-state index contributed by atoms with van der Waals surface area (Å²) in [4.78, 5) is 36.1. The maximum atomic E-state index is 14.1. The van der Waals surface area contributed by atoms with Crippen LogP contribution in [0.3, 0.4) is 0 Å². The van der Waals surface area contributed by atoms with Crippen LogP contribution in [0.15, 0.2) is 84.9 Å². The molecular formula is C34H36N4O2. The fourth-order valence-corrected chi connectivity index (χ4v) is 6.26. The number of hydrogen-bond acceptors (Lipinski definition) is 4. The molecule has 3 heterocycles. The molecule has 204 valence electrons. The molecule has 0 saturated carbocycles. The number of nitrogens with one attached hydrogen (secondary N) is 1. The summed E-state index contributed by atoms with van der Waals surface area (Å²) in [6, 6.07) is 28.4. The monoisotopic (exact) mass is 532 g/mol. The first-order chi connectivity index (χ1) is 19.6. The van der Waals surface area contributed by atoms with Crippen molar-refractivity contribution in [1.29, 1.82) is 0 Å². The predicted molar refractivity (Wildman–Crippen MR) is 159 cm³/mol. The molecule has 6 rings (SSSR count). The lowest BCUT2D eigenvalue weighted by atomic mass is 9.94. The first-order valence-electron chi connectivity index (χ1n) is 14.4. The lowest BCUT2D eigenvalue weighted by Gasteiger charge is -2.37. The molecule has 0 radical (unpaired) electrons. The van der Waals surface area contributed by atoms with Crippen LogP contribution in [0, 0.1) is 0 Å². The van der Waals surface area contributed by atoms with Crippen molar-refractivity contribution in [3.8, 4) is 11.3 Å². The third-order valence-electron chi connectivity index (χ3n) is 8.40. The standard InChI is InChI=1S/C34H36N4O2/c1-24(25-11-4-2-5-12-25)35-34(40)32-28-15-8-9-16-30(28)36-33(26-13-6-3-7-14-26)29(32)23-37-21-18-27(19-22-37)38-20-10-17-31(38)39/h2-9,11-16,24,27H,10,17-23H2,1H3,(H,35,40)/t24-/m0/s1. The Kier molecular flexibility index (Phi) is 7.60. The molecule has 3 aromatic carbocycles. The highest BCUT2D eigenvalue weighted by Crippen LogP contribution is 2.33. The Balaban J connectivity index is 1.37. The zero-order valence-electron chi connectivity index (χ0n) is 23.1. The second-order valence-corrected chi connectivity index (χ2v) is 11.0. The average molecular weight is 533 g/mol. The highest BCUT2D eigenvalue weighted by atomic mass is 16.2. The van der Waals surface area contributed by atoms with E-state index in [1.807, 2.05) is 79.7 Å². The maximum absolute atomic E-state index is 14.1. The van der Waals surface area contributed by atoms with E-state index in [0.29, 0.717) is 30.5 Å². The van der Waals surface area contributed by atoms with Crippen LogP contribution in [-0.4, -0.2) is 52.3 Å². The van der Waals surface area contributed by atoms with Gasteiger partial charge in [0.25, 0.3) is 5.91 Å². The predicted octanol–water partition coefficient (Wildman–Crippen LogP) is 5.98. The van der Waals surface area contributed by atoms with Crippen molar-refractivity contribution in [2.45, 2.75) is 51.2 Å². The van der Waals surface area contributed by atoms with Crippen LogP contribution in [0.5, 0.6) is 0 Å². The number of carbonyl (C=O) groups excluding carboxylic acids is 2. The number of likely N-dealkylation sites (tertiary alicyclic amines) is 2. The van der Waals surface area contributed by atoms with Gasteiger partial charge in [0.1, 0.15) is 0 Å². The van der Waals surface area contributed by atoms with Crippen LogP contribution in [0.2, 0.25) is 0 Å². The number of carbonyl (C=O) groups is 2. The molecule has 0 unspecified atom stereocenters. The topological polar surface area (TPSA) is 65.5 Å². The molecule has 2 aliphatic heterocycles. The van der Waals surface area contributed by atoms with Gasteiger partial charge in [-0.25, -0.2) is 4.98 Å². The number of piperidine rings is 1. The van der Waals surface area contributed by atoms with E-state index in [2.05, 4.69) is 27.2 Å². The van der Waals surface area contributed by atoms with Gasteiger partial charge >= 0.3 is 0 Å². The van der Waals surface area contributed by atoms with Crippen molar-refractivity contribution in [2.75, 3.05) is 19.6 Å². The van der Waals surface area contributed by atoms with Gasteiger partial charge in [-0.05, 0) is 37.8 Å². The number of amides is 2. The maximum Gasteiger partial charge on any atom is 0.252 e. The second kappa shape index (κ2) is 11.6. The molecule has 4 aromatic rings. The van der Waals surface area contributed by atoms with Gasteiger partial charge in [-0.2, -0.15) is 0 Å². The molecule has 2 amide bonds. The summed E-state index contributed by atoms with van der Waals surface area (Å²) in [5.41, 5.74) is 5.40. The normalized spacial score (nSPS) is 17.3. The third kappa shape index (κ3) is 5.36. The molecule has 1 N–H and O–H groups in total. The molecule has 1 atom stereocenters. The van der Waals surface area contributed by atoms with Crippen molar-refractivity contribution in [1.82, 2.24) is 20.1 Å². The number of fused-ring (bicyclic) bond motifs is 1. The van der Waals surface area contributed by atoms with Crippen molar-refractivity contribution in [3.05, 3.63) is 102 Å². The third-order valence-corrected chi connectivity index (χ3v) is 8.40. The Morgan fingerprint density at radius 2 is 1.60 bits per heavy atom. The molecule has 40 heavy (non-hydrogen) atoms. The first kappa shape index (κ1) is 26.2. The number of para-hydroxylation sites is 1. The Bertz CT molecular complexity index is 1500. The van der Waals surface area contributed by atoms with E-state index in [-0.39, 0.29) is 11.9 Å². The smallest absolute Gasteiger partial charge is 0.252 e. The second-order valence-electron chi connectivity index (χ2n) is 11.0. The molecular weight excluding hydrogens is 496 g/mol. The summed E-state index contributed by atoms with van der Waals surface area (Å²) in [7, 11) is 0. The van der Waals surface area contributed by atoms with Crippen LogP contribution < -0.4 is 5.32 Å². The Labute approximate surface area is 236 Å². The van der Waals surface area contributed by atoms with Crippen molar-refractivity contribution in [3.63, 3.8) is 0 Å². The van der Waals surface area contributed by atoms with Crippen LogP contribution in [-0.2, 0) is 11.3 Å².